The Morgan fingerprint density at radius 2 is 2.04 bits per heavy atom. The SMILES string of the molecule is Cc1sc2nc([C@H](C)OC(=O)CNC(=O)c3ccccc3F)[nH]c(=O)c2c1C. The van der Waals surface area contributed by atoms with E-state index in [1.54, 1.807) is 6.92 Å². The number of amides is 1. The molecule has 3 aromatic rings. The maximum absolute atomic E-state index is 13.6. The Kier molecular flexibility index (Phi) is 5.55. The number of hydrogen-bond acceptors (Lipinski definition) is 6. The standard InChI is InChI=1S/C19H18FN3O4S/c1-9-11(3)28-19-15(9)18(26)22-16(23-19)10(2)27-14(24)8-21-17(25)12-6-4-5-7-13(12)20/h4-7,10H,8H2,1-3H3,(H,21,25)(H,22,23,26)/t10-/m0/s1. The number of thiophene rings is 1. The summed E-state index contributed by atoms with van der Waals surface area (Å²) in [4.78, 5) is 44.8. The van der Waals surface area contributed by atoms with E-state index in [-0.39, 0.29) is 16.9 Å². The van der Waals surface area contributed by atoms with Gasteiger partial charge in [0.05, 0.1) is 10.9 Å². The lowest BCUT2D eigenvalue weighted by Crippen LogP contribution is -2.32. The van der Waals surface area contributed by atoms with Crippen LogP contribution in [0.5, 0.6) is 0 Å². The highest BCUT2D eigenvalue weighted by Crippen LogP contribution is 2.26. The van der Waals surface area contributed by atoms with Gasteiger partial charge in [0.1, 0.15) is 17.2 Å². The van der Waals surface area contributed by atoms with Gasteiger partial charge in [-0.3, -0.25) is 14.4 Å². The molecule has 0 radical (unpaired) electrons. The van der Waals surface area contributed by atoms with Crippen molar-refractivity contribution in [3.05, 3.63) is 62.3 Å². The molecule has 28 heavy (non-hydrogen) atoms. The first-order valence-corrected chi connectivity index (χ1v) is 9.31. The molecule has 2 aromatic heterocycles. The molecule has 0 bridgehead atoms. The summed E-state index contributed by atoms with van der Waals surface area (Å²) in [6, 6.07) is 5.45. The molecule has 0 spiro atoms. The number of benzene rings is 1. The highest BCUT2D eigenvalue weighted by molar-refractivity contribution is 7.18. The smallest absolute Gasteiger partial charge is 0.326 e. The summed E-state index contributed by atoms with van der Waals surface area (Å²) in [7, 11) is 0. The minimum atomic E-state index is -0.822. The van der Waals surface area contributed by atoms with Gasteiger partial charge in [0.2, 0.25) is 0 Å². The van der Waals surface area contributed by atoms with Crippen molar-refractivity contribution in [2.24, 2.45) is 0 Å². The first kappa shape index (κ1) is 19.7. The first-order chi connectivity index (χ1) is 13.3. The molecule has 0 unspecified atom stereocenters. The zero-order valence-corrected chi connectivity index (χ0v) is 16.3. The number of hydrogen-bond donors (Lipinski definition) is 2. The first-order valence-electron chi connectivity index (χ1n) is 8.50. The van der Waals surface area contributed by atoms with Crippen LogP contribution in [0.25, 0.3) is 10.2 Å². The number of nitrogens with zero attached hydrogens (tertiary/aromatic N) is 1. The Labute approximate surface area is 163 Å². The Bertz CT molecular complexity index is 1120. The molecule has 0 aliphatic carbocycles. The van der Waals surface area contributed by atoms with Crippen LogP contribution in [-0.4, -0.2) is 28.4 Å². The summed E-state index contributed by atoms with van der Waals surface area (Å²) in [5.74, 6) is -1.93. The number of rotatable bonds is 5. The molecule has 0 aliphatic rings. The number of halogens is 1. The van der Waals surface area contributed by atoms with Gasteiger partial charge in [-0.1, -0.05) is 12.1 Å². The average molecular weight is 403 g/mol. The van der Waals surface area contributed by atoms with Gasteiger partial charge >= 0.3 is 5.97 Å². The van der Waals surface area contributed by atoms with Gasteiger partial charge in [0, 0.05) is 4.88 Å². The molecule has 0 saturated heterocycles. The van der Waals surface area contributed by atoms with Crippen molar-refractivity contribution in [3.8, 4) is 0 Å². The van der Waals surface area contributed by atoms with Crippen molar-refractivity contribution in [1.29, 1.82) is 0 Å². The lowest BCUT2D eigenvalue weighted by Gasteiger charge is -2.13. The number of carbonyl (C=O) groups is 2. The van der Waals surface area contributed by atoms with E-state index in [0.717, 1.165) is 16.5 Å². The van der Waals surface area contributed by atoms with Crippen molar-refractivity contribution >= 4 is 33.4 Å². The minimum Gasteiger partial charge on any atom is -0.453 e. The van der Waals surface area contributed by atoms with Crippen LogP contribution in [0.4, 0.5) is 4.39 Å². The predicted octanol–water partition coefficient (Wildman–Crippen LogP) is 2.77. The van der Waals surface area contributed by atoms with E-state index in [1.807, 2.05) is 13.8 Å². The third kappa shape index (κ3) is 3.94. The third-order valence-corrected chi connectivity index (χ3v) is 5.36. The Morgan fingerprint density at radius 1 is 1.32 bits per heavy atom. The van der Waals surface area contributed by atoms with Crippen molar-refractivity contribution in [2.45, 2.75) is 26.9 Å². The molecule has 0 aliphatic heterocycles. The average Bonchev–Trinajstić information content (AvgIpc) is 2.94. The van der Waals surface area contributed by atoms with E-state index in [0.29, 0.717) is 10.2 Å². The lowest BCUT2D eigenvalue weighted by molar-refractivity contribution is -0.147. The molecule has 2 heterocycles. The van der Waals surface area contributed by atoms with Crippen LogP contribution in [0, 0.1) is 19.7 Å². The Hall–Kier alpha value is -3.07. The van der Waals surface area contributed by atoms with Crippen LogP contribution in [0.2, 0.25) is 0 Å². The number of aromatic amines is 1. The molecule has 0 fully saturated rings. The molecule has 0 saturated carbocycles. The molecule has 1 amide bonds. The fourth-order valence-corrected chi connectivity index (χ4v) is 3.69. The molecule has 1 atom stereocenters. The van der Waals surface area contributed by atoms with Crippen LogP contribution in [0.1, 0.15) is 39.7 Å². The van der Waals surface area contributed by atoms with E-state index in [1.165, 1.54) is 29.5 Å². The van der Waals surface area contributed by atoms with Gasteiger partial charge < -0.3 is 15.0 Å². The molecule has 9 heteroatoms. The molecule has 3 rings (SSSR count). The van der Waals surface area contributed by atoms with Crippen LogP contribution < -0.4 is 10.9 Å². The summed E-state index contributed by atoms with van der Waals surface area (Å²) in [5.41, 5.74) is 0.418. The largest absolute Gasteiger partial charge is 0.453 e. The minimum absolute atomic E-state index is 0.164. The van der Waals surface area contributed by atoms with Gasteiger partial charge in [-0.05, 0) is 38.5 Å². The number of carbonyl (C=O) groups excluding carboxylic acids is 2. The van der Waals surface area contributed by atoms with E-state index in [2.05, 4.69) is 15.3 Å². The summed E-state index contributed by atoms with van der Waals surface area (Å²) < 4.78 is 18.8. The normalized spacial score (nSPS) is 12.0. The van der Waals surface area contributed by atoms with Gasteiger partial charge in [0.15, 0.2) is 11.9 Å². The van der Waals surface area contributed by atoms with Crippen molar-refractivity contribution in [2.75, 3.05) is 6.54 Å². The zero-order valence-electron chi connectivity index (χ0n) is 15.5. The number of esters is 1. The lowest BCUT2D eigenvalue weighted by atomic mass is 10.2. The maximum Gasteiger partial charge on any atom is 0.326 e. The summed E-state index contributed by atoms with van der Waals surface area (Å²) in [6.07, 6.45) is -0.822. The van der Waals surface area contributed by atoms with Gasteiger partial charge in [-0.2, -0.15) is 0 Å². The van der Waals surface area contributed by atoms with Crippen molar-refractivity contribution in [3.63, 3.8) is 0 Å². The molecule has 2 N–H and O–H groups in total. The second-order valence-corrected chi connectivity index (χ2v) is 7.41. The van der Waals surface area contributed by atoms with Crippen LogP contribution in [0.3, 0.4) is 0 Å². The number of ether oxygens (including phenoxy) is 1. The number of fused-ring (bicyclic) bond motifs is 1. The predicted molar refractivity (Wildman–Crippen MR) is 103 cm³/mol. The van der Waals surface area contributed by atoms with Crippen LogP contribution in [-0.2, 0) is 9.53 Å². The summed E-state index contributed by atoms with van der Waals surface area (Å²) >= 11 is 1.39. The second kappa shape index (κ2) is 7.89. The molecule has 146 valence electrons. The monoisotopic (exact) mass is 403 g/mol. The highest BCUT2D eigenvalue weighted by atomic mass is 32.1. The number of aromatic nitrogens is 2. The zero-order chi connectivity index (χ0) is 20.4. The highest BCUT2D eigenvalue weighted by Gasteiger charge is 2.19. The fraction of sp³-hybridized carbons (Fsp3) is 0.263. The summed E-state index contributed by atoms with van der Waals surface area (Å²) in [5, 5.41) is 2.83. The molecule has 1 aromatic carbocycles. The van der Waals surface area contributed by atoms with E-state index < -0.39 is 30.3 Å². The second-order valence-electron chi connectivity index (χ2n) is 6.21. The van der Waals surface area contributed by atoms with E-state index >= 15 is 0 Å². The molecule has 7 nitrogen and oxygen atoms in total. The van der Waals surface area contributed by atoms with E-state index in [9.17, 15) is 18.8 Å². The fourth-order valence-electron chi connectivity index (χ4n) is 2.65. The number of nitrogens with one attached hydrogen (secondary N) is 2. The molecular formula is C19H18FN3O4S. The topological polar surface area (TPSA) is 101 Å². The third-order valence-electron chi connectivity index (χ3n) is 4.26. The van der Waals surface area contributed by atoms with Gasteiger partial charge in [-0.25, -0.2) is 9.37 Å². The van der Waals surface area contributed by atoms with Crippen molar-refractivity contribution < 1.29 is 18.7 Å². The Balaban J connectivity index is 1.66. The van der Waals surface area contributed by atoms with Crippen molar-refractivity contribution in [1.82, 2.24) is 15.3 Å². The van der Waals surface area contributed by atoms with Crippen LogP contribution in [0.15, 0.2) is 29.1 Å². The molecular weight excluding hydrogens is 385 g/mol. The number of H-pyrrole nitrogens is 1. The summed E-state index contributed by atoms with van der Waals surface area (Å²) in [6.45, 7) is 4.88. The van der Waals surface area contributed by atoms with Gasteiger partial charge in [-0.15, -0.1) is 11.3 Å². The quantitative estimate of drug-likeness (QED) is 0.638. The van der Waals surface area contributed by atoms with Crippen LogP contribution >= 0.6 is 11.3 Å². The van der Waals surface area contributed by atoms with Gasteiger partial charge in [0.25, 0.3) is 11.5 Å². The van der Waals surface area contributed by atoms with E-state index in [4.69, 9.17) is 4.74 Å². The number of aryl methyl sites for hydroxylation is 2. The Morgan fingerprint density at radius 3 is 2.75 bits per heavy atom. The maximum atomic E-state index is 13.6.